The Morgan fingerprint density at radius 3 is 2.58 bits per heavy atom. The minimum atomic E-state index is -3.53. The molecule has 0 spiro atoms. The third-order valence-corrected chi connectivity index (χ3v) is 4.91. The van der Waals surface area contributed by atoms with Crippen LogP contribution in [0.15, 0.2) is 24.3 Å². The molecule has 0 radical (unpaired) electrons. The van der Waals surface area contributed by atoms with Crippen molar-refractivity contribution in [2.45, 2.75) is 13.3 Å². The van der Waals surface area contributed by atoms with Crippen LogP contribution in [0.5, 0.6) is 5.75 Å². The van der Waals surface area contributed by atoms with Crippen molar-refractivity contribution in [3.05, 3.63) is 24.3 Å². The van der Waals surface area contributed by atoms with E-state index in [0.717, 1.165) is 6.26 Å². The summed E-state index contributed by atoms with van der Waals surface area (Å²) in [6, 6.07) is 6.94. The van der Waals surface area contributed by atoms with Gasteiger partial charge in [-0.15, -0.1) is 0 Å². The standard InChI is InChI=1S/C16H24N2O5S/c1-3-23-15-7-5-4-6-14(15)18(24(2,20)21)9-8-16(19)17-10-12-22-13-11-17/h4-7H,3,8-13H2,1-2H3. The number of amides is 1. The predicted octanol–water partition coefficient (Wildman–Crippen LogP) is 1.10. The first-order valence-corrected chi connectivity index (χ1v) is 9.83. The van der Waals surface area contributed by atoms with Gasteiger partial charge in [-0.2, -0.15) is 0 Å². The Morgan fingerprint density at radius 1 is 1.29 bits per heavy atom. The van der Waals surface area contributed by atoms with Crippen molar-refractivity contribution in [2.75, 3.05) is 50.0 Å². The molecule has 0 saturated carbocycles. The first-order valence-electron chi connectivity index (χ1n) is 7.98. The summed E-state index contributed by atoms with van der Waals surface area (Å²) < 4.78 is 36.4. The van der Waals surface area contributed by atoms with Crippen LogP contribution >= 0.6 is 0 Å². The highest BCUT2D eigenvalue weighted by atomic mass is 32.2. The van der Waals surface area contributed by atoms with E-state index in [1.807, 2.05) is 6.92 Å². The largest absolute Gasteiger partial charge is 0.492 e. The SMILES string of the molecule is CCOc1ccccc1N(CCC(=O)N1CCOCC1)S(C)(=O)=O. The van der Waals surface area contributed by atoms with Gasteiger partial charge in [0, 0.05) is 26.1 Å². The fraction of sp³-hybridized carbons (Fsp3) is 0.562. The zero-order valence-corrected chi connectivity index (χ0v) is 14.9. The molecule has 1 fully saturated rings. The molecule has 8 heteroatoms. The molecule has 1 aliphatic heterocycles. The van der Waals surface area contributed by atoms with Crippen LogP contribution in [-0.2, 0) is 19.6 Å². The fourth-order valence-corrected chi connectivity index (χ4v) is 3.50. The molecule has 0 aliphatic carbocycles. The number of rotatable bonds is 7. The molecule has 0 atom stereocenters. The van der Waals surface area contributed by atoms with Gasteiger partial charge in [0.2, 0.25) is 15.9 Å². The molecule has 7 nitrogen and oxygen atoms in total. The number of carbonyl (C=O) groups is 1. The van der Waals surface area contributed by atoms with Crippen LogP contribution in [-0.4, -0.2) is 64.9 Å². The van der Waals surface area contributed by atoms with Gasteiger partial charge in [0.25, 0.3) is 0 Å². The van der Waals surface area contributed by atoms with Crippen LogP contribution in [0.3, 0.4) is 0 Å². The van der Waals surface area contributed by atoms with E-state index in [2.05, 4.69) is 0 Å². The van der Waals surface area contributed by atoms with Gasteiger partial charge < -0.3 is 14.4 Å². The second kappa shape index (κ2) is 8.34. The minimum Gasteiger partial charge on any atom is -0.492 e. The summed E-state index contributed by atoms with van der Waals surface area (Å²) in [5, 5.41) is 0. The number of ether oxygens (including phenoxy) is 2. The lowest BCUT2D eigenvalue weighted by Gasteiger charge is -2.29. The van der Waals surface area contributed by atoms with Crippen LogP contribution in [0.1, 0.15) is 13.3 Å². The van der Waals surface area contributed by atoms with E-state index in [9.17, 15) is 13.2 Å². The Kier molecular flexibility index (Phi) is 6.44. The van der Waals surface area contributed by atoms with Crippen molar-refractivity contribution < 1.29 is 22.7 Å². The monoisotopic (exact) mass is 356 g/mol. The lowest BCUT2D eigenvalue weighted by atomic mass is 10.2. The number of para-hydroxylation sites is 2. The number of anilines is 1. The van der Waals surface area contributed by atoms with Crippen LogP contribution in [0.2, 0.25) is 0 Å². The molecular formula is C16H24N2O5S. The van der Waals surface area contributed by atoms with Gasteiger partial charge in [0.1, 0.15) is 5.75 Å². The number of hydrogen-bond acceptors (Lipinski definition) is 5. The van der Waals surface area contributed by atoms with Crippen LogP contribution in [0, 0.1) is 0 Å². The molecule has 0 unspecified atom stereocenters. The van der Waals surface area contributed by atoms with Gasteiger partial charge in [-0.25, -0.2) is 8.42 Å². The average Bonchev–Trinajstić information content (AvgIpc) is 2.56. The molecule has 1 saturated heterocycles. The fourth-order valence-electron chi connectivity index (χ4n) is 2.57. The van der Waals surface area contributed by atoms with E-state index >= 15 is 0 Å². The maximum atomic E-state index is 12.3. The summed E-state index contributed by atoms with van der Waals surface area (Å²) in [5.41, 5.74) is 0.455. The summed E-state index contributed by atoms with van der Waals surface area (Å²) in [5.74, 6) is 0.421. The van der Waals surface area contributed by atoms with Gasteiger partial charge >= 0.3 is 0 Å². The molecule has 134 valence electrons. The lowest BCUT2D eigenvalue weighted by molar-refractivity contribution is -0.135. The summed E-state index contributed by atoms with van der Waals surface area (Å²) >= 11 is 0. The first kappa shape index (κ1) is 18.5. The molecule has 2 rings (SSSR count). The van der Waals surface area contributed by atoms with Crippen molar-refractivity contribution in [3.8, 4) is 5.75 Å². The maximum Gasteiger partial charge on any atom is 0.232 e. The topological polar surface area (TPSA) is 76.2 Å². The van der Waals surface area contributed by atoms with E-state index in [4.69, 9.17) is 9.47 Å². The van der Waals surface area contributed by atoms with Gasteiger partial charge in [0.15, 0.2) is 0 Å². The maximum absolute atomic E-state index is 12.3. The molecule has 0 N–H and O–H groups in total. The molecular weight excluding hydrogens is 332 g/mol. The number of hydrogen-bond donors (Lipinski definition) is 0. The Labute approximate surface area is 143 Å². The van der Waals surface area contributed by atoms with E-state index in [0.29, 0.717) is 44.3 Å². The second-order valence-corrected chi connectivity index (χ2v) is 7.39. The number of benzene rings is 1. The van der Waals surface area contributed by atoms with Crippen molar-refractivity contribution in [1.82, 2.24) is 4.90 Å². The van der Waals surface area contributed by atoms with Crippen molar-refractivity contribution in [1.29, 1.82) is 0 Å². The van der Waals surface area contributed by atoms with Crippen molar-refractivity contribution in [2.24, 2.45) is 0 Å². The van der Waals surface area contributed by atoms with Crippen LogP contribution in [0.25, 0.3) is 0 Å². The number of morpholine rings is 1. The predicted molar refractivity (Wildman–Crippen MR) is 91.8 cm³/mol. The molecule has 1 heterocycles. The van der Waals surface area contributed by atoms with E-state index in [-0.39, 0.29) is 18.9 Å². The number of carbonyl (C=O) groups excluding carboxylic acids is 1. The molecule has 0 aromatic heterocycles. The van der Waals surface area contributed by atoms with E-state index in [1.165, 1.54) is 4.31 Å². The quantitative estimate of drug-likeness (QED) is 0.731. The Bertz CT molecular complexity index is 656. The van der Waals surface area contributed by atoms with Crippen molar-refractivity contribution >= 4 is 21.6 Å². The summed E-state index contributed by atoms with van der Waals surface area (Å²) in [4.78, 5) is 14.0. The molecule has 1 aliphatic rings. The zero-order chi connectivity index (χ0) is 17.6. The molecule has 24 heavy (non-hydrogen) atoms. The molecule has 1 aromatic carbocycles. The third kappa shape index (κ3) is 4.85. The summed E-state index contributed by atoms with van der Waals surface area (Å²) in [7, 11) is -3.53. The van der Waals surface area contributed by atoms with E-state index < -0.39 is 10.0 Å². The molecule has 1 amide bonds. The number of nitrogens with zero attached hydrogens (tertiary/aromatic N) is 2. The summed E-state index contributed by atoms with van der Waals surface area (Å²) in [6.07, 6.45) is 1.25. The zero-order valence-electron chi connectivity index (χ0n) is 14.1. The van der Waals surface area contributed by atoms with E-state index in [1.54, 1.807) is 29.2 Å². The highest BCUT2D eigenvalue weighted by molar-refractivity contribution is 7.92. The van der Waals surface area contributed by atoms with Gasteiger partial charge in [-0.3, -0.25) is 9.10 Å². The average molecular weight is 356 g/mol. The van der Waals surface area contributed by atoms with Crippen LogP contribution < -0.4 is 9.04 Å². The molecule has 1 aromatic rings. The van der Waals surface area contributed by atoms with Crippen molar-refractivity contribution in [3.63, 3.8) is 0 Å². The Hall–Kier alpha value is -1.80. The highest BCUT2D eigenvalue weighted by Crippen LogP contribution is 2.30. The van der Waals surface area contributed by atoms with Gasteiger partial charge in [-0.1, -0.05) is 12.1 Å². The minimum absolute atomic E-state index is 0.0687. The highest BCUT2D eigenvalue weighted by Gasteiger charge is 2.24. The lowest BCUT2D eigenvalue weighted by Crippen LogP contribution is -2.42. The van der Waals surface area contributed by atoms with Gasteiger partial charge in [-0.05, 0) is 19.1 Å². The first-order chi connectivity index (χ1) is 11.4. The summed E-state index contributed by atoms with van der Waals surface area (Å²) in [6.45, 7) is 4.49. The second-order valence-electron chi connectivity index (χ2n) is 5.48. The smallest absolute Gasteiger partial charge is 0.232 e. The normalized spacial score (nSPS) is 15.2. The number of sulfonamides is 1. The Balaban J connectivity index is 2.14. The molecule has 0 bridgehead atoms. The third-order valence-electron chi connectivity index (χ3n) is 3.73. The van der Waals surface area contributed by atoms with Crippen LogP contribution in [0.4, 0.5) is 5.69 Å². The Morgan fingerprint density at radius 2 is 1.96 bits per heavy atom. The van der Waals surface area contributed by atoms with Gasteiger partial charge in [0.05, 0.1) is 31.8 Å².